The molecule has 0 aliphatic heterocycles. The van der Waals surface area contributed by atoms with Crippen LogP contribution in [0.25, 0.3) is 0 Å². The van der Waals surface area contributed by atoms with Gasteiger partial charge in [0.1, 0.15) is 0 Å². The molecule has 2 nitrogen and oxygen atoms in total. The second kappa shape index (κ2) is 7.29. The van der Waals surface area contributed by atoms with Crippen molar-refractivity contribution in [3.8, 4) is 0 Å². The summed E-state index contributed by atoms with van der Waals surface area (Å²) in [6, 6.07) is 1.40. The summed E-state index contributed by atoms with van der Waals surface area (Å²) >= 11 is 0. The highest BCUT2D eigenvalue weighted by Gasteiger charge is 2.26. The van der Waals surface area contributed by atoms with Gasteiger partial charge in [0.05, 0.1) is 0 Å². The molecule has 1 unspecified atom stereocenters. The summed E-state index contributed by atoms with van der Waals surface area (Å²) in [5, 5.41) is 0. The van der Waals surface area contributed by atoms with E-state index in [9.17, 15) is 0 Å². The van der Waals surface area contributed by atoms with Gasteiger partial charge in [-0.2, -0.15) is 0 Å². The van der Waals surface area contributed by atoms with E-state index >= 15 is 0 Å². The Bertz CT molecular complexity index is 174. The Morgan fingerprint density at radius 1 is 1.19 bits per heavy atom. The van der Waals surface area contributed by atoms with E-state index in [2.05, 4.69) is 25.8 Å². The van der Waals surface area contributed by atoms with Gasteiger partial charge in [-0.15, -0.1) is 0 Å². The summed E-state index contributed by atoms with van der Waals surface area (Å²) in [6.45, 7) is 5.40. The lowest BCUT2D eigenvalue weighted by atomic mass is 9.83. The van der Waals surface area contributed by atoms with E-state index in [0.29, 0.717) is 6.04 Å². The maximum atomic E-state index is 5.88. The number of nitrogens with two attached hydrogens (primary N) is 1. The Labute approximate surface area is 102 Å². The molecule has 0 saturated heterocycles. The molecule has 1 rings (SSSR count). The average molecular weight is 226 g/mol. The van der Waals surface area contributed by atoms with Crippen LogP contribution in [0.15, 0.2) is 0 Å². The molecule has 1 atom stereocenters. The van der Waals surface area contributed by atoms with Crippen LogP contribution < -0.4 is 5.73 Å². The largest absolute Gasteiger partial charge is 0.329 e. The third-order valence-electron chi connectivity index (χ3n) is 4.44. The van der Waals surface area contributed by atoms with Crippen LogP contribution in [-0.4, -0.2) is 30.6 Å². The Morgan fingerprint density at radius 3 is 2.25 bits per heavy atom. The molecule has 0 aromatic heterocycles. The number of hydrogen-bond donors (Lipinski definition) is 1. The molecule has 16 heavy (non-hydrogen) atoms. The smallest absolute Gasteiger partial charge is 0.0218 e. The molecule has 1 aliphatic carbocycles. The Hall–Kier alpha value is -0.0800. The quantitative estimate of drug-likeness (QED) is 0.754. The van der Waals surface area contributed by atoms with Gasteiger partial charge in [0.2, 0.25) is 0 Å². The summed E-state index contributed by atoms with van der Waals surface area (Å²) in [7, 11) is 2.28. The fourth-order valence-electron chi connectivity index (χ4n) is 3.08. The van der Waals surface area contributed by atoms with Crippen molar-refractivity contribution in [1.29, 1.82) is 0 Å². The first-order valence-electron chi connectivity index (χ1n) is 7.14. The molecular weight excluding hydrogens is 196 g/mol. The summed E-state index contributed by atoms with van der Waals surface area (Å²) in [6.07, 6.45) is 9.48. The number of nitrogens with zero attached hydrogens (tertiary/aromatic N) is 1. The first-order chi connectivity index (χ1) is 7.72. The van der Waals surface area contributed by atoms with Gasteiger partial charge in [-0.05, 0) is 45.1 Å². The van der Waals surface area contributed by atoms with Crippen LogP contribution in [-0.2, 0) is 0 Å². The van der Waals surface area contributed by atoms with Gasteiger partial charge in [-0.25, -0.2) is 0 Å². The first-order valence-corrected chi connectivity index (χ1v) is 7.14. The molecule has 0 radical (unpaired) electrons. The van der Waals surface area contributed by atoms with Crippen molar-refractivity contribution in [1.82, 2.24) is 4.90 Å². The Balaban J connectivity index is 2.39. The van der Waals surface area contributed by atoms with Crippen LogP contribution >= 0.6 is 0 Å². The third-order valence-corrected chi connectivity index (χ3v) is 4.44. The lowest BCUT2D eigenvalue weighted by molar-refractivity contribution is 0.116. The fraction of sp³-hybridized carbons (Fsp3) is 1.00. The zero-order valence-electron chi connectivity index (χ0n) is 11.4. The number of hydrogen-bond acceptors (Lipinski definition) is 2. The lowest BCUT2D eigenvalue weighted by Crippen LogP contribution is -2.45. The molecule has 1 saturated carbocycles. The maximum Gasteiger partial charge on any atom is 0.0218 e. The highest BCUT2D eigenvalue weighted by molar-refractivity contribution is 4.82. The fourth-order valence-corrected chi connectivity index (χ4v) is 3.08. The van der Waals surface area contributed by atoms with Gasteiger partial charge >= 0.3 is 0 Å². The SMILES string of the molecule is CCCC(CN)N(C)C1CCC(CC)CC1. The second-order valence-electron chi connectivity index (χ2n) is 5.43. The van der Waals surface area contributed by atoms with Crippen LogP contribution in [0.5, 0.6) is 0 Å². The van der Waals surface area contributed by atoms with E-state index in [4.69, 9.17) is 5.73 Å². The maximum absolute atomic E-state index is 5.88. The lowest BCUT2D eigenvalue weighted by Gasteiger charge is -2.38. The van der Waals surface area contributed by atoms with Crippen molar-refractivity contribution < 1.29 is 0 Å². The minimum atomic E-state index is 0.605. The van der Waals surface area contributed by atoms with Gasteiger partial charge in [0.25, 0.3) is 0 Å². The minimum absolute atomic E-state index is 0.605. The average Bonchev–Trinajstić information content (AvgIpc) is 2.35. The number of rotatable bonds is 6. The Morgan fingerprint density at radius 2 is 1.81 bits per heavy atom. The van der Waals surface area contributed by atoms with Crippen LogP contribution in [0.4, 0.5) is 0 Å². The summed E-state index contributed by atoms with van der Waals surface area (Å²) in [5.74, 6) is 0.993. The normalized spacial score (nSPS) is 28.3. The van der Waals surface area contributed by atoms with Gasteiger partial charge in [-0.1, -0.05) is 26.7 Å². The predicted octanol–water partition coefficient (Wildman–Crippen LogP) is 3.01. The van der Waals surface area contributed by atoms with Crippen molar-refractivity contribution >= 4 is 0 Å². The van der Waals surface area contributed by atoms with E-state index in [0.717, 1.165) is 18.5 Å². The van der Waals surface area contributed by atoms with Crippen molar-refractivity contribution in [2.75, 3.05) is 13.6 Å². The molecule has 1 fully saturated rings. The van der Waals surface area contributed by atoms with Crippen molar-refractivity contribution in [2.24, 2.45) is 11.7 Å². The zero-order valence-corrected chi connectivity index (χ0v) is 11.4. The summed E-state index contributed by atoms with van der Waals surface area (Å²) in [5.41, 5.74) is 5.88. The van der Waals surface area contributed by atoms with Crippen molar-refractivity contribution in [2.45, 2.75) is 70.9 Å². The molecular formula is C14H30N2. The third kappa shape index (κ3) is 3.74. The highest BCUT2D eigenvalue weighted by atomic mass is 15.2. The minimum Gasteiger partial charge on any atom is -0.329 e. The van der Waals surface area contributed by atoms with Gasteiger partial charge in [0.15, 0.2) is 0 Å². The van der Waals surface area contributed by atoms with Gasteiger partial charge < -0.3 is 5.73 Å². The van der Waals surface area contributed by atoms with Crippen LogP contribution in [0, 0.1) is 5.92 Å². The number of likely N-dealkylation sites (N-methyl/N-ethyl adjacent to an activating group) is 1. The molecule has 0 spiro atoms. The molecule has 1 aliphatic rings. The van der Waals surface area contributed by atoms with E-state index in [1.165, 1.54) is 44.9 Å². The molecule has 0 bridgehead atoms. The van der Waals surface area contributed by atoms with Crippen molar-refractivity contribution in [3.63, 3.8) is 0 Å². The van der Waals surface area contributed by atoms with Crippen LogP contribution in [0.1, 0.15) is 58.8 Å². The van der Waals surface area contributed by atoms with Gasteiger partial charge in [-0.3, -0.25) is 4.90 Å². The molecule has 0 amide bonds. The monoisotopic (exact) mass is 226 g/mol. The summed E-state index contributed by atoms with van der Waals surface area (Å²) in [4.78, 5) is 2.56. The predicted molar refractivity (Wildman–Crippen MR) is 71.6 cm³/mol. The molecule has 0 aromatic carbocycles. The first kappa shape index (κ1) is 14.0. The van der Waals surface area contributed by atoms with Gasteiger partial charge in [0, 0.05) is 18.6 Å². The zero-order chi connectivity index (χ0) is 12.0. The Kier molecular flexibility index (Phi) is 6.37. The van der Waals surface area contributed by atoms with Crippen molar-refractivity contribution in [3.05, 3.63) is 0 Å². The second-order valence-corrected chi connectivity index (χ2v) is 5.43. The van der Waals surface area contributed by atoms with Crippen LogP contribution in [0.2, 0.25) is 0 Å². The molecule has 2 N–H and O–H groups in total. The van der Waals surface area contributed by atoms with E-state index in [1.807, 2.05) is 0 Å². The molecule has 96 valence electrons. The summed E-state index contributed by atoms with van der Waals surface area (Å²) < 4.78 is 0. The van der Waals surface area contributed by atoms with E-state index < -0.39 is 0 Å². The van der Waals surface area contributed by atoms with E-state index in [-0.39, 0.29) is 0 Å². The standard InChI is InChI=1S/C14H30N2/c1-4-6-14(11-15)16(3)13-9-7-12(5-2)8-10-13/h12-14H,4-11,15H2,1-3H3. The van der Waals surface area contributed by atoms with Crippen LogP contribution in [0.3, 0.4) is 0 Å². The molecule has 2 heteroatoms. The molecule has 0 aromatic rings. The topological polar surface area (TPSA) is 29.3 Å². The highest BCUT2D eigenvalue weighted by Crippen LogP contribution is 2.30. The van der Waals surface area contributed by atoms with E-state index in [1.54, 1.807) is 0 Å². The molecule has 0 heterocycles.